The second-order valence-corrected chi connectivity index (χ2v) is 5.51. The van der Waals surface area contributed by atoms with Gasteiger partial charge in [-0.25, -0.2) is 4.79 Å². The molecule has 2 rings (SSSR count). The molecule has 0 radical (unpaired) electrons. The molecule has 2 aromatic carbocycles. The van der Waals surface area contributed by atoms with E-state index >= 15 is 0 Å². The Balaban J connectivity index is 1.93. The third-order valence-corrected chi connectivity index (χ3v) is 3.13. The summed E-state index contributed by atoms with van der Waals surface area (Å²) in [7, 11) is 0. The Kier molecular flexibility index (Phi) is 6.91. The van der Waals surface area contributed by atoms with Crippen LogP contribution in [0.3, 0.4) is 0 Å². The molecule has 130 valence electrons. The number of carbonyl (C=O) groups is 1. The summed E-state index contributed by atoms with van der Waals surface area (Å²) in [5.41, 5.74) is 8.99. The van der Waals surface area contributed by atoms with Crippen LogP contribution in [0, 0.1) is 0 Å². The Morgan fingerprint density at radius 1 is 1.16 bits per heavy atom. The number of hydrazone groups is 1. The van der Waals surface area contributed by atoms with E-state index in [4.69, 9.17) is 15.2 Å². The topological polar surface area (TPSA) is 85.9 Å². The summed E-state index contributed by atoms with van der Waals surface area (Å²) >= 11 is 4.64. The van der Waals surface area contributed by atoms with Crippen LogP contribution in [0.2, 0.25) is 0 Å². The van der Waals surface area contributed by atoms with E-state index in [1.54, 1.807) is 54.7 Å². The number of esters is 1. The van der Waals surface area contributed by atoms with E-state index in [-0.39, 0.29) is 5.11 Å². The van der Waals surface area contributed by atoms with Crippen LogP contribution in [0.15, 0.2) is 53.6 Å². The molecule has 0 atom stereocenters. The molecule has 0 aliphatic rings. The molecule has 0 unspecified atom stereocenters. The van der Waals surface area contributed by atoms with Gasteiger partial charge in [0.15, 0.2) is 5.11 Å². The third-order valence-electron chi connectivity index (χ3n) is 3.04. The highest BCUT2D eigenvalue weighted by Crippen LogP contribution is 2.16. The van der Waals surface area contributed by atoms with Crippen LogP contribution < -0.4 is 20.6 Å². The first kappa shape index (κ1) is 18.4. The smallest absolute Gasteiger partial charge is 0.343 e. The molecule has 0 aromatic heterocycles. The maximum atomic E-state index is 12.1. The van der Waals surface area contributed by atoms with Crippen molar-refractivity contribution in [3.63, 3.8) is 0 Å². The molecule has 0 spiro atoms. The fourth-order valence-electron chi connectivity index (χ4n) is 1.87. The van der Waals surface area contributed by atoms with E-state index in [0.29, 0.717) is 17.9 Å². The van der Waals surface area contributed by atoms with Crippen LogP contribution in [-0.4, -0.2) is 23.9 Å². The van der Waals surface area contributed by atoms with Crippen LogP contribution in [0.25, 0.3) is 0 Å². The largest absolute Gasteiger partial charge is 0.494 e. The zero-order valence-corrected chi connectivity index (χ0v) is 14.6. The predicted molar refractivity (Wildman–Crippen MR) is 101 cm³/mol. The number of nitrogens with zero attached hydrogens (tertiary/aromatic N) is 1. The number of nitrogens with one attached hydrogen (secondary N) is 1. The van der Waals surface area contributed by atoms with Gasteiger partial charge in [0.05, 0.1) is 18.4 Å². The molecule has 0 heterocycles. The summed E-state index contributed by atoms with van der Waals surface area (Å²) in [5.74, 6) is 0.738. The molecule has 0 amide bonds. The average molecular weight is 357 g/mol. The molecule has 0 bridgehead atoms. The first-order chi connectivity index (χ1) is 12.1. The van der Waals surface area contributed by atoms with Crippen molar-refractivity contribution in [3.05, 3.63) is 59.7 Å². The minimum absolute atomic E-state index is 0.0907. The van der Waals surface area contributed by atoms with Crippen molar-refractivity contribution in [1.29, 1.82) is 0 Å². The van der Waals surface area contributed by atoms with Crippen LogP contribution in [0.4, 0.5) is 0 Å². The van der Waals surface area contributed by atoms with Gasteiger partial charge in [-0.2, -0.15) is 5.10 Å². The lowest BCUT2D eigenvalue weighted by Gasteiger charge is -2.07. The molecule has 3 N–H and O–H groups in total. The van der Waals surface area contributed by atoms with Gasteiger partial charge in [0.1, 0.15) is 11.5 Å². The van der Waals surface area contributed by atoms with Crippen molar-refractivity contribution in [2.24, 2.45) is 10.8 Å². The molecule has 0 saturated heterocycles. The van der Waals surface area contributed by atoms with Gasteiger partial charge >= 0.3 is 5.97 Å². The van der Waals surface area contributed by atoms with Crippen LogP contribution >= 0.6 is 12.2 Å². The number of ether oxygens (including phenoxy) is 2. The Morgan fingerprint density at radius 2 is 1.80 bits per heavy atom. The van der Waals surface area contributed by atoms with Gasteiger partial charge in [-0.3, -0.25) is 5.43 Å². The molecule has 0 aliphatic heterocycles. The average Bonchev–Trinajstić information content (AvgIpc) is 2.61. The molecule has 2 aromatic rings. The molecular weight excluding hydrogens is 338 g/mol. The van der Waals surface area contributed by atoms with Crippen LogP contribution in [0.5, 0.6) is 11.5 Å². The lowest BCUT2D eigenvalue weighted by atomic mass is 10.2. The zero-order chi connectivity index (χ0) is 18.1. The van der Waals surface area contributed by atoms with Crippen LogP contribution in [0.1, 0.15) is 29.3 Å². The second kappa shape index (κ2) is 9.39. The predicted octanol–water partition coefficient (Wildman–Crippen LogP) is 2.86. The number of hydrogen-bond acceptors (Lipinski definition) is 5. The maximum Gasteiger partial charge on any atom is 0.343 e. The van der Waals surface area contributed by atoms with Crippen molar-refractivity contribution in [1.82, 2.24) is 5.43 Å². The molecule has 0 saturated carbocycles. The molecular formula is C18H19N3O3S. The van der Waals surface area contributed by atoms with Gasteiger partial charge in [-0.15, -0.1) is 0 Å². The number of carbonyl (C=O) groups excluding carboxylic acids is 1. The number of rotatable bonds is 7. The quantitative estimate of drug-likeness (QED) is 0.261. The van der Waals surface area contributed by atoms with Crippen molar-refractivity contribution < 1.29 is 14.3 Å². The van der Waals surface area contributed by atoms with E-state index < -0.39 is 5.97 Å². The lowest BCUT2D eigenvalue weighted by Crippen LogP contribution is -2.23. The third kappa shape index (κ3) is 6.23. The highest BCUT2D eigenvalue weighted by Gasteiger charge is 2.08. The Hall–Kier alpha value is -2.93. The van der Waals surface area contributed by atoms with E-state index in [9.17, 15) is 4.79 Å². The minimum atomic E-state index is -0.432. The molecule has 0 aliphatic carbocycles. The number of nitrogens with two attached hydrogens (primary N) is 1. The number of hydrogen-bond donors (Lipinski definition) is 2. The van der Waals surface area contributed by atoms with Gasteiger partial charge in [-0.1, -0.05) is 6.92 Å². The standard InChI is InChI=1S/C18H19N3O3S/c1-2-11-23-15-9-5-14(6-10-15)17(22)24-16-7-3-13(4-8-16)12-20-21-18(19)25/h3-10,12H,2,11H2,1H3,(H3,19,21,25)/b20-12+. The first-order valence-corrected chi connectivity index (χ1v) is 8.13. The molecule has 25 heavy (non-hydrogen) atoms. The fraction of sp³-hybridized carbons (Fsp3) is 0.167. The van der Waals surface area contributed by atoms with Gasteiger partial charge in [0.2, 0.25) is 0 Å². The first-order valence-electron chi connectivity index (χ1n) is 7.72. The normalized spacial score (nSPS) is 10.4. The van der Waals surface area contributed by atoms with Gasteiger partial charge in [0, 0.05) is 0 Å². The molecule has 7 heteroatoms. The summed E-state index contributed by atoms with van der Waals surface area (Å²) in [5, 5.41) is 3.94. The molecule has 6 nitrogen and oxygen atoms in total. The zero-order valence-electron chi connectivity index (χ0n) is 13.8. The number of thiocarbonyl (C=S) groups is 1. The second-order valence-electron chi connectivity index (χ2n) is 5.07. The van der Waals surface area contributed by atoms with Crippen molar-refractivity contribution in [2.45, 2.75) is 13.3 Å². The fourth-order valence-corrected chi connectivity index (χ4v) is 1.92. The van der Waals surface area contributed by atoms with E-state index in [2.05, 4.69) is 22.7 Å². The highest BCUT2D eigenvalue weighted by atomic mass is 32.1. The summed E-state index contributed by atoms with van der Waals surface area (Å²) in [6, 6.07) is 13.7. The van der Waals surface area contributed by atoms with E-state index in [0.717, 1.165) is 17.7 Å². The van der Waals surface area contributed by atoms with Gasteiger partial charge in [-0.05, 0) is 72.7 Å². The SMILES string of the molecule is CCCOc1ccc(C(=O)Oc2ccc(/C=N/NC(N)=S)cc2)cc1. The maximum absolute atomic E-state index is 12.1. The summed E-state index contributed by atoms with van der Waals surface area (Å²) in [4.78, 5) is 12.1. The highest BCUT2D eigenvalue weighted by molar-refractivity contribution is 7.80. The Labute approximate surface area is 151 Å². The van der Waals surface area contributed by atoms with Gasteiger partial charge < -0.3 is 15.2 Å². The number of benzene rings is 2. The Morgan fingerprint density at radius 3 is 2.40 bits per heavy atom. The minimum Gasteiger partial charge on any atom is -0.494 e. The Bertz CT molecular complexity index is 743. The lowest BCUT2D eigenvalue weighted by molar-refractivity contribution is 0.0734. The van der Waals surface area contributed by atoms with E-state index in [1.165, 1.54) is 0 Å². The van der Waals surface area contributed by atoms with Crippen LogP contribution in [-0.2, 0) is 0 Å². The molecule has 0 fully saturated rings. The summed E-state index contributed by atoms with van der Waals surface area (Å²) in [6.45, 7) is 2.68. The summed E-state index contributed by atoms with van der Waals surface area (Å²) < 4.78 is 10.8. The van der Waals surface area contributed by atoms with Crippen molar-refractivity contribution >= 4 is 29.5 Å². The summed E-state index contributed by atoms with van der Waals surface area (Å²) in [6.07, 6.45) is 2.49. The van der Waals surface area contributed by atoms with Crippen molar-refractivity contribution in [3.8, 4) is 11.5 Å². The van der Waals surface area contributed by atoms with Gasteiger partial charge in [0.25, 0.3) is 0 Å². The monoisotopic (exact) mass is 357 g/mol. The van der Waals surface area contributed by atoms with Crippen molar-refractivity contribution in [2.75, 3.05) is 6.61 Å². The van der Waals surface area contributed by atoms with E-state index in [1.807, 2.05) is 6.92 Å².